The van der Waals surface area contributed by atoms with Crippen LogP contribution >= 0.6 is 0 Å². The molecular weight excluding hydrogens is 186 g/mol. The molecule has 0 aromatic rings. The summed E-state index contributed by atoms with van der Waals surface area (Å²) in [5, 5.41) is 3.64. The summed E-state index contributed by atoms with van der Waals surface area (Å²) in [5.41, 5.74) is 0.0237. The molecule has 90 valence electrons. The Bertz CT molecular complexity index is 179. The summed E-state index contributed by atoms with van der Waals surface area (Å²) in [6, 6.07) is 0.543. The maximum atomic E-state index is 5.99. The highest BCUT2D eigenvalue weighted by atomic mass is 16.5. The van der Waals surface area contributed by atoms with Crippen LogP contribution in [0, 0.1) is 5.92 Å². The van der Waals surface area contributed by atoms with Gasteiger partial charge in [0.15, 0.2) is 0 Å². The van der Waals surface area contributed by atoms with E-state index in [1.54, 1.807) is 0 Å². The largest absolute Gasteiger partial charge is 0.374 e. The van der Waals surface area contributed by atoms with Crippen LogP contribution in [0.3, 0.4) is 0 Å². The monoisotopic (exact) mass is 213 g/mol. The second kappa shape index (κ2) is 5.86. The van der Waals surface area contributed by atoms with Gasteiger partial charge in [-0.3, -0.25) is 0 Å². The van der Waals surface area contributed by atoms with Gasteiger partial charge in [-0.25, -0.2) is 0 Å². The number of likely N-dealkylation sites (N-methyl/N-ethyl adjacent to an activating group) is 1. The van der Waals surface area contributed by atoms with Crippen molar-refractivity contribution < 1.29 is 4.74 Å². The number of ether oxygens (including phenoxy) is 1. The number of nitrogens with one attached hydrogen (secondary N) is 1. The molecule has 1 saturated carbocycles. The third-order valence-corrected chi connectivity index (χ3v) is 3.88. The number of hydrogen-bond acceptors (Lipinski definition) is 2. The number of rotatable bonds is 7. The van der Waals surface area contributed by atoms with Crippen molar-refractivity contribution in [2.75, 3.05) is 13.2 Å². The van der Waals surface area contributed by atoms with E-state index in [-0.39, 0.29) is 5.60 Å². The lowest BCUT2D eigenvalue weighted by atomic mass is 9.72. The van der Waals surface area contributed by atoms with Crippen molar-refractivity contribution in [2.45, 2.75) is 65.0 Å². The quantitative estimate of drug-likeness (QED) is 0.702. The predicted octanol–water partition coefficient (Wildman–Crippen LogP) is 2.97. The summed E-state index contributed by atoms with van der Waals surface area (Å²) >= 11 is 0. The Hall–Kier alpha value is -0.0800. The van der Waals surface area contributed by atoms with Crippen LogP contribution in [0.5, 0.6) is 0 Å². The van der Waals surface area contributed by atoms with Gasteiger partial charge in [0.2, 0.25) is 0 Å². The molecule has 0 heterocycles. The first kappa shape index (κ1) is 13.0. The van der Waals surface area contributed by atoms with Gasteiger partial charge in [0, 0.05) is 12.6 Å². The first-order chi connectivity index (χ1) is 7.18. The molecule has 0 aromatic heterocycles. The molecule has 0 spiro atoms. The van der Waals surface area contributed by atoms with Gasteiger partial charge in [0.25, 0.3) is 0 Å². The normalized spacial score (nSPS) is 23.2. The molecule has 0 aliphatic heterocycles. The van der Waals surface area contributed by atoms with E-state index in [2.05, 4.69) is 33.0 Å². The molecule has 0 bridgehead atoms. The minimum absolute atomic E-state index is 0.0237. The van der Waals surface area contributed by atoms with E-state index in [4.69, 9.17) is 4.74 Å². The molecule has 1 aliphatic rings. The average Bonchev–Trinajstić information content (AvgIpc) is 2.15. The summed E-state index contributed by atoms with van der Waals surface area (Å²) < 4.78 is 5.99. The van der Waals surface area contributed by atoms with Crippen molar-refractivity contribution in [3.63, 3.8) is 0 Å². The predicted molar refractivity (Wildman–Crippen MR) is 65.1 cm³/mol. The molecule has 2 unspecified atom stereocenters. The Balaban J connectivity index is 2.64. The summed E-state index contributed by atoms with van der Waals surface area (Å²) in [6.07, 6.45) is 5.24. The van der Waals surface area contributed by atoms with E-state index in [1.807, 2.05) is 0 Å². The fourth-order valence-corrected chi connectivity index (χ4v) is 2.62. The third kappa shape index (κ3) is 2.94. The summed E-state index contributed by atoms with van der Waals surface area (Å²) in [7, 11) is 0. The molecular formula is C13H27NO. The van der Waals surface area contributed by atoms with Gasteiger partial charge in [0.1, 0.15) is 0 Å². The minimum Gasteiger partial charge on any atom is -0.374 e. The van der Waals surface area contributed by atoms with Gasteiger partial charge in [-0.2, -0.15) is 0 Å². The van der Waals surface area contributed by atoms with Gasteiger partial charge < -0.3 is 10.1 Å². The fraction of sp³-hybridized carbons (Fsp3) is 1.00. The van der Waals surface area contributed by atoms with Crippen molar-refractivity contribution in [2.24, 2.45) is 5.92 Å². The van der Waals surface area contributed by atoms with E-state index in [9.17, 15) is 0 Å². The van der Waals surface area contributed by atoms with Crippen LogP contribution in [0.2, 0.25) is 0 Å². The first-order valence-electron chi connectivity index (χ1n) is 6.55. The van der Waals surface area contributed by atoms with Gasteiger partial charge in [-0.05, 0) is 45.6 Å². The Morgan fingerprint density at radius 2 is 2.00 bits per heavy atom. The minimum atomic E-state index is 0.0237. The molecule has 0 saturated heterocycles. The molecule has 2 nitrogen and oxygen atoms in total. The van der Waals surface area contributed by atoms with Crippen molar-refractivity contribution in [1.29, 1.82) is 0 Å². The summed E-state index contributed by atoms with van der Waals surface area (Å²) in [6.45, 7) is 10.6. The van der Waals surface area contributed by atoms with Gasteiger partial charge in [-0.1, -0.05) is 20.3 Å². The SMILES string of the molecule is CCNC(C1CCC1)C(C)(CC)OCC. The van der Waals surface area contributed by atoms with E-state index in [1.165, 1.54) is 19.3 Å². The lowest BCUT2D eigenvalue weighted by Gasteiger charge is -2.45. The number of hydrogen-bond donors (Lipinski definition) is 1. The molecule has 2 atom stereocenters. The van der Waals surface area contributed by atoms with Crippen LogP contribution in [0.4, 0.5) is 0 Å². The van der Waals surface area contributed by atoms with Crippen molar-refractivity contribution in [3.05, 3.63) is 0 Å². The molecule has 0 amide bonds. The van der Waals surface area contributed by atoms with E-state index < -0.39 is 0 Å². The topological polar surface area (TPSA) is 21.3 Å². The summed E-state index contributed by atoms with van der Waals surface area (Å²) in [4.78, 5) is 0. The highest BCUT2D eigenvalue weighted by Crippen LogP contribution is 2.36. The maximum Gasteiger partial charge on any atom is 0.0806 e. The average molecular weight is 213 g/mol. The van der Waals surface area contributed by atoms with E-state index in [0.717, 1.165) is 25.5 Å². The van der Waals surface area contributed by atoms with Crippen LogP contribution in [0.1, 0.15) is 53.4 Å². The smallest absolute Gasteiger partial charge is 0.0806 e. The lowest BCUT2D eigenvalue weighted by Crippen LogP contribution is -2.55. The third-order valence-electron chi connectivity index (χ3n) is 3.88. The maximum absolute atomic E-state index is 5.99. The molecule has 2 heteroatoms. The van der Waals surface area contributed by atoms with Crippen molar-refractivity contribution in [1.82, 2.24) is 5.32 Å². The van der Waals surface area contributed by atoms with Crippen molar-refractivity contribution in [3.8, 4) is 0 Å². The zero-order valence-corrected chi connectivity index (χ0v) is 10.8. The van der Waals surface area contributed by atoms with Crippen LogP contribution < -0.4 is 5.32 Å². The van der Waals surface area contributed by atoms with Crippen molar-refractivity contribution >= 4 is 0 Å². The Kier molecular flexibility index (Phi) is 5.07. The van der Waals surface area contributed by atoms with Gasteiger partial charge in [0.05, 0.1) is 5.60 Å². The fourth-order valence-electron chi connectivity index (χ4n) is 2.62. The Morgan fingerprint density at radius 1 is 1.33 bits per heavy atom. The molecule has 1 aliphatic carbocycles. The second-order valence-electron chi connectivity index (χ2n) is 4.83. The lowest BCUT2D eigenvalue weighted by molar-refractivity contribution is -0.0778. The van der Waals surface area contributed by atoms with E-state index in [0.29, 0.717) is 6.04 Å². The molecule has 15 heavy (non-hydrogen) atoms. The molecule has 1 N–H and O–H groups in total. The molecule has 0 radical (unpaired) electrons. The highest BCUT2D eigenvalue weighted by Gasteiger charge is 2.40. The summed E-state index contributed by atoms with van der Waals surface area (Å²) in [5.74, 6) is 0.835. The second-order valence-corrected chi connectivity index (χ2v) is 4.83. The zero-order valence-electron chi connectivity index (χ0n) is 10.8. The van der Waals surface area contributed by atoms with Crippen LogP contribution in [-0.4, -0.2) is 24.8 Å². The Morgan fingerprint density at radius 3 is 2.33 bits per heavy atom. The van der Waals surface area contributed by atoms with Crippen LogP contribution in [0.25, 0.3) is 0 Å². The first-order valence-corrected chi connectivity index (χ1v) is 6.55. The highest BCUT2D eigenvalue weighted by molar-refractivity contribution is 4.95. The molecule has 1 fully saturated rings. The standard InChI is InChI=1S/C13H27NO/c1-5-13(4,15-7-3)12(14-6-2)11-9-8-10-11/h11-12,14H,5-10H2,1-4H3. The Labute approximate surface area is 94.8 Å². The zero-order chi connectivity index (χ0) is 11.3. The van der Waals surface area contributed by atoms with Crippen LogP contribution in [-0.2, 0) is 4.74 Å². The van der Waals surface area contributed by atoms with Crippen LogP contribution in [0.15, 0.2) is 0 Å². The van der Waals surface area contributed by atoms with Gasteiger partial charge in [-0.15, -0.1) is 0 Å². The molecule has 0 aromatic carbocycles. The van der Waals surface area contributed by atoms with Gasteiger partial charge >= 0.3 is 0 Å². The molecule has 1 rings (SSSR count). The van der Waals surface area contributed by atoms with E-state index >= 15 is 0 Å².